The van der Waals surface area contributed by atoms with E-state index in [0.717, 1.165) is 0 Å². The summed E-state index contributed by atoms with van der Waals surface area (Å²) in [5, 5.41) is 15.2. The van der Waals surface area contributed by atoms with E-state index in [1.54, 1.807) is 6.07 Å². The molecular formula is C11H13FN4O2. The third-order valence-electron chi connectivity index (χ3n) is 2.59. The van der Waals surface area contributed by atoms with Gasteiger partial charge in [-0.15, -0.1) is 0 Å². The number of hydrogen-bond donors (Lipinski definition) is 2. The molecule has 0 saturated carbocycles. The Labute approximate surface area is 103 Å². The van der Waals surface area contributed by atoms with Crippen molar-refractivity contribution in [3.05, 3.63) is 46.1 Å². The minimum atomic E-state index is -1.56. The molecule has 0 amide bonds. The standard InChI is InChI=1S/C11H13FN4O2/c1-11(10(17)18,14-6-7-15-16-13)8-4-2-3-5-9(8)12/h2-5,14H,6-7H2,1H3,(H,17,18). The molecule has 0 aliphatic carbocycles. The van der Waals surface area contributed by atoms with E-state index in [1.165, 1.54) is 25.1 Å². The van der Waals surface area contributed by atoms with Crippen LogP contribution in [0, 0.1) is 5.82 Å². The van der Waals surface area contributed by atoms with Crippen LogP contribution < -0.4 is 5.32 Å². The second-order valence-electron chi connectivity index (χ2n) is 3.79. The molecule has 0 heterocycles. The molecule has 96 valence electrons. The van der Waals surface area contributed by atoms with Gasteiger partial charge in [0.1, 0.15) is 11.4 Å². The molecule has 7 heteroatoms. The first-order chi connectivity index (χ1) is 8.52. The lowest BCUT2D eigenvalue weighted by Gasteiger charge is -2.27. The Morgan fingerprint density at radius 1 is 1.61 bits per heavy atom. The van der Waals surface area contributed by atoms with Crippen LogP contribution in [0.15, 0.2) is 29.4 Å². The van der Waals surface area contributed by atoms with Crippen molar-refractivity contribution in [1.29, 1.82) is 0 Å². The molecule has 0 saturated heterocycles. The van der Waals surface area contributed by atoms with Gasteiger partial charge in [-0.1, -0.05) is 23.3 Å². The van der Waals surface area contributed by atoms with Gasteiger partial charge in [-0.25, -0.2) is 9.18 Å². The largest absolute Gasteiger partial charge is 0.480 e. The summed E-state index contributed by atoms with van der Waals surface area (Å²) in [5.41, 5.74) is 6.60. The van der Waals surface area contributed by atoms with E-state index in [-0.39, 0.29) is 18.7 Å². The van der Waals surface area contributed by atoms with Crippen molar-refractivity contribution < 1.29 is 14.3 Å². The molecule has 1 rings (SSSR count). The number of azide groups is 1. The molecule has 0 spiro atoms. The van der Waals surface area contributed by atoms with Gasteiger partial charge in [0, 0.05) is 23.6 Å². The molecular weight excluding hydrogens is 239 g/mol. The zero-order valence-corrected chi connectivity index (χ0v) is 9.80. The van der Waals surface area contributed by atoms with Gasteiger partial charge in [0.25, 0.3) is 0 Å². The molecule has 0 aliphatic rings. The van der Waals surface area contributed by atoms with Gasteiger partial charge in [-0.05, 0) is 18.5 Å². The monoisotopic (exact) mass is 252 g/mol. The van der Waals surface area contributed by atoms with Gasteiger partial charge < -0.3 is 5.11 Å². The highest BCUT2D eigenvalue weighted by molar-refractivity contribution is 5.80. The van der Waals surface area contributed by atoms with Gasteiger partial charge in [0.05, 0.1) is 0 Å². The van der Waals surface area contributed by atoms with Gasteiger partial charge in [-0.3, -0.25) is 5.32 Å². The zero-order valence-electron chi connectivity index (χ0n) is 9.80. The molecule has 0 aliphatic heterocycles. The number of rotatable bonds is 6. The number of aliphatic carboxylic acids is 1. The van der Waals surface area contributed by atoms with E-state index in [4.69, 9.17) is 5.53 Å². The van der Waals surface area contributed by atoms with Crippen molar-refractivity contribution >= 4 is 5.97 Å². The maximum atomic E-state index is 13.6. The fourth-order valence-electron chi connectivity index (χ4n) is 1.55. The Bertz CT molecular complexity index is 488. The third kappa shape index (κ3) is 2.97. The number of carboxylic acid groups (broad SMARTS) is 1. The fraction of sp³-hybridized carbons (Fsp3) is 0.364. The Morgan fingerprint density at radius 3 is 2.83 bits per heavy atom. The maximum Gasteiger partial charge on any atom is 0.328 e. The summed E-state index contributed by atoms with van der Waals surface area (Å²) in [6.45, 7) is 1.60. The molecule has 2 N–H and O–H groups in total. The first kappa shape index (κ1) is 14.0. The lowest BCUT2D eigenvalue weighted by atomic mass is 9.91. The summed E-state index contributed by atoms with van der Waals surface area (Å²) in [6.07, 6.45) is 0. The molecule has 0 aromatic heterocycles. The molecule has 0 fully saturated rings. The van der Waals surface area contributed by atoms with Crippen molar-refractivity contribution in [2.75, 3.05) is 13.1 Å². The quantitative estimate of drug-likeness (QED) is 0.350. The summed E-state index contributed by atoms with van der Waals surface area (Å²) in [7, 11) is 0. The van der Waals surface area contributed by atoms with Crippen molar-refractivity contribution in [3.8, 4) is 0 Å². The normalized spacial score (nSPS) is 13.4. The minimum absolute atomic E-state index is 0.0402. The minimum Gasteiger partial charge on any atom is -0.480 e. The van der Waals surface area contributed by atoms with E-state index >= 15 is 0 Å². The van der Waals surface area contributed by atoms with Crippen molar-refractivity contribution in [2.24, 2.45) is 5.11 Å². The highest BCUT2D eigenvalue weighted by Crippen LogP contribution is 2.23. The van der Waals surface area contributed by atoms with Gasteiger partial charge >= 0.3 is 5.97 Å². The van der Waals surface area contributed by atoms with E-state index < -0.39 is 17.3 Å². The third-order valence-corrected chi connectivity index (χ3v) is 2.59. The Balaban J connectivity index is 2.97. The summed E-state index contributed by atoms with van der Waals surface area (Å²) in [6, 6.07) is 5.66. The maximum absolute atomic E-state index is 13.6. The zero-order chi connectivity index (χ0) is 13.6. The van der Waals surface area contributed by atoms with Crippen LogP contribution >= 0.6 is 0 Å². The summed E-state index contributed by atoms with van der Waals surface area (Å²) in [4.78, 5) is 13.9. The van der Waals surface area contributed by atoms with Crippen molar-refractivity contribution in [1.82, 2.24) is 5.32 Å². The second-order valence-corrected chi connectivity index (χ2v) is 3.79. The van der Waals surface area contributed by atoms with Gasteiger partial charge in [-0.2, -0.15) is 0 Å². The van der Waals surface area contributed by atoms with E-state index in [0.29, 0.717) is 0 Å². The molecule has 0 radical (unpaired) electrons. The van der Waals surface area contributed by atoms with Gasteiger partial charge in [0.2, 0.25) is 0 Å². The number of carbonyl (C=O) groups is 1. The Kier molecular flexibility index (Phi) is 4.65. The highest BCUT2D eigenvalue weighted by Gasteiger charge is 2.36. The fourth-order valence-corrected chi connectivity index (χ4v) is 1.55. The Hall–Kier alpha value is -2.11. The van der Waals surface area contributed by atoms with E-state index in [2.05, 4.69) is 15.3 Å². The summed E-state index contributed by atoms with van der Waals surface area (Å²) in [5.74, 6) is -1.80. The smallest absolute Gasteiger partial charge is 0.328 e. The topological polar surface area (TPSA) is 98.1 Å². The van der Waals surface area contributed by atoms with Crippen LogP contribution in [0.1, 0.15) is 12.5 Å². The lowest BCUT2D eigenvalue weighted by molar-refractivity contribution is -0.144. The van der Waals surface area contributed by atoms with Crippen LogP contribution in [0.5, 0.6) is 0 Å². The average molecular weight is 252 g/mol. The summed E-state index contributed by atoms with van der Waals surface area (Å²) < 4.78 is 13.6. The average Bonchev–Trinajstić information content (AvgIpc) is 2.34. The second kappa shape index (κ2) is 6.00. The number of nitrogens with one attached hydrogen (secondary N) is 1. The summed E-state index contributed by atoms with van der Waals surface area (Å²) >= 11 is 0. The van der Waals surface area contributed by atoms with Crippen LogP contribution in [0.3, 0.4) is 0 Å². The van der Waals surface area contributed by atoms with E-state index in [9.17, 15) is 14.3 Å². The van der Waals surface area contributed by atoms with E-state index in [1.807, 2.05) is 0 Å². The van der Waals surface area contributed by atoms with Crippen LogP contribution in [-0.2, 0) is 10.3 Å². The predicted molar refractivity (Wildman–Crippen MR) is 63.4 cm³/mol. The van der Waals surface area contributed by atoms with Crippen LogP contribution in [0.2, 0.25) is 0 Å². The molecule has 1 aromatic rings. The number of halogens is 1. The first-order valence-corrected chi connectivity index (χ1v) is 5.26. The number of nitrogens with zero attached hydrogens (tertiary/aromatic N) is 3. The molecule has 18 heavy (non-hydrogen) atoms. The molecule has 1 unspecified atom stereocenters. The highest BCUT2D eigenvalue weighted by atomic mass is 19.1. The molecule has 6 nitrogen and oxygen atoms in total. The van der Waals surface area contributed by atoms with Gasteiger partial charge in [0.15, 0.2) is 0 Å². The van der Waals surface area contributed by atoms with Crippen molar-refractivity contribution in [2.45, 2.75) is 12.5 Å². The first-order valence-electron chi connectivity index (χ1n) is 5.26. The molecule has 1 atom stereocenters. The lowest BCUT2D eigenvalue weighted by Crippen LogP contribution is -2.48. The van der Waals surface area contributed by atoms with Crippen molar-refractivity contribution in [3.63, 3.8) is 0 Å². The number of carboxylic acids is 1. The molecule has 1 aromatic carbocycles. The Morgan fingerprint density at radius 2 is 2.28 bits per heavy atom. The van der Waals surface area contributed by atoms with Crippen LogP contribution in [0.25, 0.3) is 10.4 Å². The molecule has 0 bridgehead atoms. The van der Waals surface area contributed by atoms with Crippen LogP contribution in [-0.4, -0.2) is 24.2 Å². The van der Waals surface area contributed by atoms with Crippen LogP contribution in [0.4, 0.5) is 4.39 Å². The predicted octanol–water partition coefficient (Wildman–Crippen LogP) is 2.03. The SMILES string of the molecule is CC(NCCN=[N+]=[N-])(C(=O)O)c1ccccc1F. The number of hydrogen-bond acceptors (Lipinski definition) is 3. The number of benzene rings is 1.